The van der Waals surface area contributed by atoms with Gasteiger partial charge in [0.1, 0.15) is 0 Å². The van der Waals surface area contributed by atoms with E-state index in [4.69, 9.17) is 39.9 Å². The summed E-state index contributed by atoms with van der Waals surface area (Å²) in [4.78, 5) is 42.0. The van der Waals surface area contributed by atoms with Gasteiger partial charge in [0.25, 0.3) is 0 Å². The van der Waals surface area contributed by atoms with E-state index < -0.39 is 0 Å². The van der Waals surface area contributed by atoms with Crippen molar-refractivity contribution in [2.24, 2.45) is 0 Å². The van der Waals surface area contributed by atoms with Crippen molar-refractivity contribution in [1.29, 1.82) is 0 Å². The van der Waals surface area contributed by atoms with E-state index >= 15 is 0 Å². The topological polar surface area (TPSA) is 106 Å². The summed E-state index contributed by atoms with van der Waals surface area (Å²) < 4.78 is 0. The van der Waals surface area contributed by atoms with Gasteiger partial charge in [-0.25, -0.2) is 9.97 Å². The first kappa shape index (κ1) is 35.7. The van der Waals surface area contributed by atoms with Crippen LogP contribution in [0.15, 0.2) is 121 Å². The quantitative estimate of drug-likeness (QED) is 0.139. The van der Waals surface area contributed by atoms with Gasteiger partial charge in [0, 0.05) is 44.8 Å². The Bertz CT molecular complexity index is 3700. The minimum Gasteiger partial charge on any atom is -0.357 e. The van der Waals surface area contributed by atoms with Crippen LogP contribution in [0.4, 0.5) is 0 Å². The van der Waals surface area contributed by atoms with E-state index in [9.17, 15) is 0 Å². The van der Waals surface area contributed by atoms with Crippen molar-refractivity contribution in [3.63, 3.8) is 0 Å². The third-order valence-corrected chi connectivity index (χ3v) is 12.2. The fraction of sp³-hybridized carbons (Fsp3) is 0.0769. The van der Waals surface area contributed by atoms with Gasteiger partial charge >= 0.3 is 19.5 Å². The van der Waals surface area contributed by atoms with Crippen LogP contribution in [-0.4, -0.2) is 29.9 Å². The van der Waals surface area contributed by atoms with Gasteiger partial charge in [-0.05, 0) is 141 Å². The predicted octanol–water partition coefficient (Wildman–Crippen LogP) is 12.0. The van der Waals surface area contributed by atoms with Gasteiger partial charge in [0.15, 0.2) is 0 Å². The molecule has 8 aromatic carbocycles. The molecule has 0 radical (unpaired) electrons. The molecular weight excluding hydrogens is 802 g/mol. The first-order valence-corrected chi connectivity index (χ1v) is 20.1. The van der Waals surface area contributed by atoms with Gasteiger partial charge in [0.05, 0.1) is 23.3 Å². The smallest absolute Gasteiger partial charge is 0.357 e. The van der Waals surface area contributed by atoms with E-state index in [0.29, 0.717) is 45.9 Å². The van der Waals surface area contributed by atoms with Crippen LogP contribution >= 0.6 is 0 Å². The summed E-state index contributed by atoms with van der Waals surface area (Å²) in [5.41, 5.74) is 10.4. The molecule has 0 fully saturated rings. The van der Waals surface area contributed by atoms with E-state index in [2.05, 4.69) is 149 Å². The average Bonchev–Trinajstić information content (AvgIpc) is 3.95. The third kappa shape index (κ3) is 5.54. The largest absolute Gasteiger partial charge is 2.00 e. The van der Waals surface area contributed by atoms with E-state index in [0.717, 1.165) is 86.9 Å². The van der Waals surface area contributed by atoms with Gasteiger partial charge in [-0.2, -0.15) is 0 Å². The molecule has 13 rings (SSSR count). The van der Waals surface area contributed by atoms with E-state index in [1.54, 1.807) is 0 Å². The van der Waals surface area contributed by atoms with Crippen LogP contribution in [0.25, 0.3) is 133 Å². The molecule has 0 aliphatic carbocycles. The Labute approximate surface area is 361 Å². The molecule has 0 N–H and O–H groups in total. The zero-order chi connectivity index (χ0) is 40.0. The molecule has 0 saturated carbocycles. The minimum atomic E-state index is 0. The van der Waals surface area contributed by atoms with Crippen LogP contribution in [0, 0.1) is 27.7 Å². The van der Waals surface area contributed by atoms with Crippen molar-refractivity contribution in [2.45, 2.75) is 27.7 Å². The number of hydrogen-bond donors (Lipinski definition) is 0. The third-order valence-electron chi connectivity index (χ3n) is 12.2. The SMILES string of the molecule is Cc1ccc2cc3c(cc2c1)-c1nc-3nc2[n-]c(nc3nc(nc4[n-]c(n1)c1cc5cc(C)ccc5cc41)-c1cc4ccc(C)cc4cc1-3)c1cc3cc(C)ccc3cc21.[Zn+2]. The molecule has 0 unspecified atom stereocenters. The molecule has 282 valence electrons. The molecule has 0 saturated heterocycles. The maximum absolute atomic E-state index is 5.31. The van der Waals surface area contributed by atoms with Crippen LogP contribution in [0.3, 0.4) is 0 Å². The molecule has 8 bridgehead atoms. The summed E-state index contributed by atoms with van der Waals surface area (Å²) in [6.07, 6.45) is 0. The standard InChI is InChI=1S/C52H32N8.Zn/c1-25-5-9-29-17-37-41(21-33(29)13-25)49-55-45(37)53-46-39-19-31-11-7-27(3)15-35(31)23-43(39)51(57-46)60-52-44-24-36-16-28(4)8-12-32(36)20-40(44)48(58-52)54-47-38-18-30-10-6-26(2)14-34(30)22-42(38)50(56-47)59-49;/h5-24H,1-4H3;/q-2;+2. The Balaban J connectivity index is 0.00000399. The fourth-order valence-corrected chi connectivity index (χ4v) is 9.11. The van der Waals surface area contributed by atoms with Crippen LogP contribution in [-0.2, 0) is 19.5 Å². The zero-order valence-electron chi connectivity index (χ0n) is 33.8. The summed E-state index contributed by atoms with van der Waals surface area (Å²) in [5, 5.41) is 12.4. The second-order valence-corrected chi connectivity index (χ2v) is 16.5. The number of nitrogens with zero attached hydrogens (tertiary/aromatic N) is 8. The van der Waals surface area contributed by atoms with Gasteiger partial charge in [-0.1, -0.05) is 95.1 Å². The normalized spacial score (nSPS) is 12.1. The fourth-order valence-electron chi connectivity index (χ4n) is 9.11. The van der Waals surface area contributed by atoms with Crippen molar-refractivity contribution in [1.82, 2.24) is 39.9 Å². The Hall–Kier alpha value is -7.22. The number of aromatic nitrogens is 8. The number of aryl methyl sites for hydroxylation is 4. The molecule has 61 heavy (non-hydrogen) atoms. The summed E-state index contributed by atoms with van der Waals surface area (Å²) in [5.74, 6) is 2.15. The monoisotopic (exact) mass is 832 g/mol. The Morgan fingerprint density at radius 1 is 0.279 bits per heavy atom. The maximum Gasteiger partial charge on any atom is 2.00 e. The number of fused-ring (bicyclic) bond motifs is 24. The maximum atomic E-state index is 5.31. The number of hydrogen-bond acceptors (Lipinski definition) is 6. The molecule has 0 amide bonds. The number of rotatable bonds is 0. The van der Waals surface area contributed by atoms with Crippen molar-refractivity contribution in [3.8, 4) is 45.6 Å². The molecule has 3 aromatic heterocycles. The molecule has 2 aliphatic rings. The Morgan fingerprint density at radius 3 is 0.836 bits per heavy atom. The van der Waals surface area contributed by atoms with E-state index in [-0.39, 0.29) is 19.5 Å². The van der Waals surface area contributed by atoms with Crippen molar-refractivity contribution >= 4 is 87.2 Å². The van der Waals surface area contributed by atoms with Crippen LogP contribution in [0.1, 0.15) is 22.3 Å². The molecular formula is C52H32N8Zn. The number of benzene rings is 8. The van der Waals surface area contributed by atoms with Crippen LogP contribution in [0.2, 0.25) is 0 Å². The molecule has 2 aliphatic heterocycles. The predicted molar refractivity (Wildman–Crippen MR) is 243 cm³/mol. The first-order valence-electron chi connectivity index (χ1n) is 20.1. The summed E-state index contributed by atoms with van der Waals surface area (Å²) in [6.45, 7) is 8.44. The molecule has 0 atom stereocenters. The molecule has 11 aromatic rings. The van der Waals surface area contributed by atoms with Gasteiger partial charge < -0.3 is 29.9 Å². The first-order chi connectivity index (χ1) is 29.2. The minimum absolute atomic E-state index is 0. The second-order valence-electron chi connectivity index (χ2n) is 16.5. The van der Waals surface area contributed by atoms with Gasteiger partial charge in [0.2, 0.25) is 0 Å². The Kier molecular flexibility index (Phi) is 7.55. The van der Waals surface area contributed by atoms with Crippen molar-refractivity contribution in [2.75, 3.05) is 0 Å². The Morgan fingerprint density at radius 2 is 0.525 bits per heavy atom. The summed E-state index contributed by atoms with van der Waals surface area (Å²) in [6, 6.07) is 43.3. The molecule has 5 heterocycles. The zero-order valence-corrected chi connectivity index (χ0v) is 36.8. The van der Waals surface area contributed by atoms with E-state index in [1.165, 1.54) is 22.3 Å². The average molecular weight is 834 g/mol. The molecule has 8 nitrogen and oxygen atoms in total. The summed E-state index contributed by atoms with van der Waals surface area (Å²) >= 11 is 0. The van der Waals surface area contributed by atoms with Gasteiger partial charge in [-0.15, -0.1) is 0 Å². The summed E-state index contributed by atoms with van der Waals surface area (Å²) in [7, 11) is 0. The van der Waals surface area contributed by atoms with Crippen molar-refractivity contribution in [3.05, 3.63) is 144 Å². The van der Waals surface area contributed by atoms with Gasteiger partial charge in [-0.3, -0.25) is 0 Å². The molecule has 9 heteroatoms. The molecule has 0 spiro atoms. The second kappa shape index (κ2) is 12.9. The van der Waals surface area contributed by atoms with Crippen LogP contribution < -0.4 is 9.97 Å². The van der Waals surface area contributed by atoms with Crippen LogP contribution in [0.5, 0.6) is 0 Å². The van der Waals surface area contributed by atoms with E-state index in [1.807, 2.05) is 0 Å². The van der Waals surface area contributed by atoms with Crippen molar-refractivity contribution < 1.29 is 19.5 Å².